The van der Waals surface area contributed by atoms with Gasteiger partial charge in [-0.15, -0.1) is 0 Å². The molecule has 0 bridgehead atoms. The third kappa shape index (κ3) is 3.53. The largest absolute Gasteiger partial charge is 0.383 e. The number of piperidine rings is 1. The minimum atomic E-state index is -0.293. The second-order valence-electron chi connectivity index (χ2n) is 7.52. The molecule has 1 fully saturated rings. The molecule has 9 heteroatoms. The van der Waals surface area contributed by atoms with Crippen molar-refractivity contribution in [3.05, 3.63) is 52.6 Å². The van der Waals surface area contributed by atoms with Gasteiger partial charge in [-0.2, -0.15) is 9.61 Å². The van der Waals surface area contributed by atoms with Gasteiger partial charge in [0.15, 0.2) is 5.65 Å². The average Bonchev–Trinajstić information content (AvgIpc) is 3.19. The Kier molecular flexibility index (Phi) is 5.10. The van der Waals surface area contributed by atoms with Gasteiger partial charge in [0.05, 0.1) is 21.9 Å². The molecule has 154 valence electrons. The van der Waals surface area contributed by atoms with Crippen LogP contribution in [0.2, 0.25) is 0 Å². The highest BCUT2D eigenvalue weighted by Gasteiger charge is 2.18. The molecule has 5 rings (SSSR count). The summed E-state index contributed by atoms with van der Waals surface area (Å²) in [5.41, 5.74) is 10.2. The number of anilines is 1. The van der Waals surface area contributed by atoms with Crippen LogP contribution in [0.25, 0.3) is 27.7 Å². The number of hydrogen-bond donors (Lipinski definition) is 3. The Hall–Kier alpha value is -2.62. The Morgan fingerprint density at radius 3 is 2.90 bits per heavy atom. The number of fused-ring (bicyclic) bond motifs is 2. The van der Waals surface area contributed by atoms with Crippen molar-refractivity contribution in [1.29, 1.82) is 0 Å². The van der Waals surface area contributed by atoms with Gasteiger partial charge in [0.25, 0.3) is 0 Å². The maximum absolute atomic E-state index is 13.7. The number of halogens is 2. The first-order chi connectivity index (χ1) is 14.6. The molecule has 1 aliphatic heterocycles. The molecular weight excluding hydrogens is 449 g/mol. The number of nitrogens with zero attached hydrogens (tertiary/aromatic N) is 4. The van der Waals surface area contributed by atoms with Crippen LogP contribution in [-0.4, -0.2) is 38.7 Å². The lowest BCUT2D eigenvalue weighted by Gasteiger charge is -2.24. The van der Waals surface area contributed by atoms with E-state index in [0.717, 1.165) is 58.1 Å². The Bertz CT molecular complexity index is 1230. The summed E-state index contributed by atoms with van der Waals surface area (Å²) in [5.74, 6) is 0.201. The van der Waals surface area contributed by atoms with E-state index in [4.69, 9.17) is 10.7 Å². The Morgan fingerprint density at radius 2 is 2.07 bits per heavy atom. The van der Waals surface area contributed by atoms with E-state index in [1.165, 1.54) is 12.1 Å². The van der Waals surface area contributed by atoms with Crippen molar-refractivity contribution in [2.45, 2.75) is 25.4 Å². The van der Waals surface area contributed by atoms with Crippen molar-refractivity contribution >= 4 is 38.3 Å². The van der Waals surface area contributed by atoms with Crippen LogP contribution < -0.4 is 16.4 Å². The molecule has 4 N–H and O–H groups in total. The van der Waals surface area contributed by atoms with Crippen LogP contribution in [0.5, 0.6) is 0 Å². The van der Waals surface area contributed by atoms with Crippen molar-refractivity contribution in [3.63, 3.8) is 0 Å². The van der Waals surface area contributed by atoms with E-state index in [-0.39, 0.29) is 5.82 Å². The van der Waals surface area contributed by atoms with Gasteiger partial charge in [0, 0.05) is 35.3 Å². The molecule has 0 aliphatic carbocycles. The van der Waals surface area contributed by atoms with E-state index < -0.39 is 0 Å². The Morgan fingerprint density at radius 1 is 1.23 bits per heavy atom. The van der Waals surface area contributed by atoms with Crippen LogP contribution >= 0.6 is 15.9 Å². The fraction of sp³-hybridized carbons (Fsp3) is 0.286. The van der Waals surface area contributed by atoms with Crippen LogP contribution in [0.15, 0.2) is 41.1 Å². The van der Waals surface area contributed by atoms with Gasteiger partial charge in [-0.1, -0.05) is 0 Å². The molecule has 30 heavy (non-hydrogen) atoms. The lowest BCUT2D eigenvalue weighted by molar-refractivity contribution is 0.384. The van der Waals surface area contributed by atoms with Crippen molar-refractivity contribution in [1.82, 2.24) is 30.2 Å². The summed E-state index contributed by atoms with van der Waals surface area (Å²) >= 11 is 3.58. The molecule has 0 unspecified atom stereocenters. The molecule has 0 radical (unpaired) electrons. The minimum Gasteiger partial charge on any atom is -0.383 e. The third-order valence-corrected chi connectivity index (χ3v) is 6.41. The maximum Gasteiger partial charge on any atom is 0.165 e. The topological polar surface area (TPSA) is 93.2 Å². The Labute approximate surface area is 181 Å². The molecule has 7 nitrogen and oxygen atoms in total. The molecule has 1 aliphatic rings. The summed E-state index contributed by atoms with van der Waals surface area (Å²) in [7, 11) is 0. The third-order valence-electron chi connectivity index (χ3n) is 5.54. The average molecular weight is 470 g/mol. The smallest absolute Gasteiger partial charge is 0.165 e. The van der Waals surface area contributed by atoms with Crippen LogP contribution in [0.4, 0.5) is 10.2 Å². The van der Waals surface area contributed by atoms with Gasteiger partial charge in [-0.05, 0) is 66.1 Å². The van der Waals surface area contributed by atoms with Gasteiger partial charge in [0.2, 0.25) is 0 Å². The number of benzene rings is 1. The molecule has 0 atom stereocenters. The highest BCUT2D eigenvalue weighted by atomic mass is 79.9. The first-order valence-corrected chi connectivity index (χ1v) is 10.7. The summed E-state index contributed by atoms with van der Waals surface area (Å²) in [6.07, 6.45) is 5.65. The number of nitrogens with one attached hydrogen (secondary N) is 2. The monoisotopic (exact) mass is 469 g/mol. The maximum atomic E-state index is 13.7. The first-order valence-electron chi connectivity index (χ1n) is 9.91. The highest BCUT2D eigenvalue weighted by molar-refractivity contribution is 9.10. The SMILES string of the molecule is Nc1c(Br)c(CNC2CCNCC2)nc2c(-c3cnc4ccc(F)cc4c3)cnn12. The summed E-state index contributed by atoms with van der Waals surface area (Å²) < 4.78 is 16.0. The normalized spacial score (nSPS) is 15.3. The van der Waals surface area contributed by atoms with E-state index in [9.17, 15) is 4.39 Å². The summed E-state index contributed by atoms with van der Waals surface area (Å²) in [6.45, 7) is 2.66. The molecule has 0 spiro atoms. The van der Waals surface area contributed by atoms with Crippen LogP contribution in [0, 0.1) is 5.82 Å². The van der Waals surface area contributed by atoms with Crippen LogP contribution in [0.1, 0.15) is 18.5 Å². The van der Waals surface area contributed by atoms with Crippen molar-refractivity contribution in [3.8, 4) is 11.1 Å². The zero-order valence-corrected chi connectivity index (χ0v) is 17.8. The summed E-state index contributed by atoms with van der Waals surface area (Å²) in [5, 5.41) is 12.1. The number of nitrogen functional groups attached to an aromatic ring is 1. The van der Waals surface area contributed by atoms with E-state index >= 15 is 0 Å². The number of aromatic nitrogens is 4. The zero-order chi connectivity index (χ0) is 20.7. The highest BCUT2D eigenvalue weighted by Crippen LogP contribution is 2.31. The fourth-order valence-electron chi connectivity index (χ4n) is 3.88. The van der Waals surface area contributed by atoms with Crippen molar-refractivity contribution in [2.75, 3.05) is 18.8 Å². The van der Waals surface area contributed by atoms with Gasteiger partial charge < -0.3 is 16.4 Å². The molecular formula is C21H21BrFN7. The molecule has 1 aromatic carbocycles. The van der Waals surface area contributed by atoms with E-state index in [1.54, 1.807) is 23.0 Å². The fourth-order valence-corrected chi connectivity index (χ4v) is 4.28. The van der Waals surface area contributed by atoms with Gasteiger partial charge in [-0.3, -0.25) is 4.98 Å². The second kappa shape index (κ2) is 7.90. The predicted molar refractivity (Wildman–Crippen MR) is 119 cm³/mol. The second-order valence-corrected chi connectivity index (χ2v) is 8.31. The molecule has 4 aromatic rings. The van der Waals surface area contributed by atoms with Gasteiger partial charge in [0.1, 0.15) is 11.6 Å². The van der Waals surface area contributed by atoms with E-state index in [2.05, 4.69) is 36.6 Å². The number of pyridine rings is 1. The molecule has 3 aromatic heterocycles. The Balaban J connectivity index is 1.54. The number of rotatable bonds is 4. The number of nitrogens with two attached hydrogens (primary N) is 1. The van der Waals surface area contributed by atoms with E-state index in [1.807, 2.05) is 6.07 Å². The summed E-state index contributed by atoms with van der Waals surface area (Å²) in [4.78, 5) is 9.30. The first kappa shape index (κ1) is 19.3. The quantitative estimate of drug-likeness (QED) is 0.424. The minimum absolute atomic E-state index is 0.293. The van der Waals surface area contributed by atoms with Crippen molar-refractivity contribution in [2.24, 2.45) is 0 Å². The van der Waals surface area contributed by atoms with Crippen LogP contribution in [0.3, 0.4) is 0 Å². The molecule has 0 saturated carbocycles. The molecule has 0 amide bonds. The summed E-state index contributed by atoms with van der Waals surface area (Å²) in [6, 6.07) is 6.91. The molecule has 1 saturated heterocycles. The van der Waals surface area contributed by atoms with Gasteiger partial charge >= 0.3 is 0 Å². The zero-order valence-electron chi connectivity index (χ0n) is 16.2. The predicted octanol–water partition coefficient (Wildman–Crippen LogP) is 3.27. The molecule has 4 heterocycles. The number of hydrogen-bond acceptors (Lipinski definition) is 6. The van der Waals surface area contributed by atoms with Crippen molar-refractivity contribution < 1.29 is 4.39 Å². The van der Waals surface area contributed by atoms with Gasteiger partial charge in [-0.25, -0.2) is 9.37 Å². The van der Waals surface area contributed by atoms with E-state index in [0.29, 0.717) is 24.1 Å². The van der Waals surface area contributed by atoms with Crippen LogP contribution in [-0.2, 0) is 6.54 Å². The lowest BCUT2D eigenvalue weighted by atomic mass is 10.1. The lowest BCUT2D eigenvalue weighted by Crippen LogP contribution is -2.39. The standard InChI is InChI=1S/C21H21BrFN7/c22-19-18(11-26-15-3-5-25-6-4-15)29-21-16(10-28-30(21)20(19)24)13-7-12-8-14(23)1-2-17(12)27-9-13/h1-2,7-10,15,25-26H,3-6,11,24H2.